The van der Waals surface area contributed by atoms with Crippen LogP contribution in [-0.4, -0.2) is 30.4 Å². The van der Waals surface area contributed by atoms with Gasteiger partial charge in [-0.1, -0.05) is 18.2 Å². The van der Waals surface area contributed by atoms with E-state index in [1.165, 1.54) is 18.4 Å². The molecule has 1 heterocycles. The zero-order chi connectivity index (χ0) is 12.8. The van der Waals surface area contributed by atoms with Crippen LogP contribution >= 0.6 is 0 Å². The lowest BCUT2D eigenvalue weighted by atomic mass is 10.1. The molecule has 2 rings (SSSR count). The highest BCUT2D eigenvalue weighted by Crippen LogP contribution is 2.19. The van der Waals surface area contributed by atoms with Crippen LogP contribution in [0.15, 0.2) is 24.3 Å². The van der Waals surface area contributed by atoms with Gasteiger partial charge < -0.3 is 11.1 Å². The summed E-state index contributed by atoms with van der Waals surface area (Å²) in [5, 5.41) is 2.94. The lowest BCUT2D eigenvalue weighted by Crippen LogP contribution is -2.21. The van der Waals surface area contributed by atoms with Gasteiger partial charge in [-0.15, -0.1) is 0 Å². The summed E-state index contributed by atoms with van der Waals surface area (Å²) in [4.78, 5) is 14.0. The van der Waals surface area contributed by atoms with Crippen LogP contribution in [0, 0.1) is 0 Å². The Bertz CT molecular complexity index is 400. The monoisotopic (exact) mass is 247 g/mol. The van der Waals surface area contributed by atoms with Crippen molar-refractivity contribution in [1.82, 2.24) is 4.90 Å². The molecule has 1 amide bonds. The number of para-hydroxylation sites is 1. The average molecular weight is 247 g/mol. The Labute approximate surface area is 108 Å². The quantitative estimate of drug-likeness (QED) is 0.830. The van der Waals surface area contributed by atoms with Crippen molar-refractivity contribution in [2.24, 2.45) is 5.73 Å². The van der Waals surface area contributed by atoms with Crippen LogP contribution in [0.25, 0.3) is 0 Å². The second-order valence-electron chi connectivity index (χ2n) is 4.73. The van der Waals surface area contributed by atoms with E-state index in [-0.39, 0.29) is 5.91 Å². The number of carbonyl (C=O) groups is 1. The molecule has 0 bridgehead atoms. The highest BCUT2D eigenvalue weighted by atomic mass is 16.1. The second-order valence-corrected chi connectivity index (χ2v) is 4.73. The molecule has 4 nitrogen and oxygen atoms in total. The molecule has 1 aliphatic heterocycles. The third-order valence-electron chi connectivity index (χ3n) is 3.26. The predicted octanol–water partition coefficient (Wildman–Crippen LogP) is 1.57. The molecule has 4 heteroatoms. The number of rotatable bonds is 5. The van der Waals surface area contributed by atoms with Gasteiger partial charge in [-0.05, 0) is 37.6 Å². The van der Waals surface area contributed by atoms with Crippen LogP contribution < -0.4 is 11.1 Å². The van der Waals surface area contributed by atoms with E-state index in [1.54, 1.807) is 0 Å². The molecular weight excluding hydrogens is 226 g/mol. The normalized spacial score (nSPS) is 15.8. The number of anilines is 1. The van der Waals surface area contributed by atoms with Crippen LogP contribution in [0.2, 0.25) is 0 Å². The first-order chi connectivity index (χ1) is 8.79. The molecule has 1 aromatic carbocycles. The smallest absolute Gasteiger partial charge is 0.225 e. The van der Waals surface area contributed by atoms with Gasteiger partial charge in [-0.25, -0.2) is 0 Å². The molecule has 1 saturated heterocycles. The Hall–Kier alpha value is -1.39. The molecule has 0 aliphatic carbocycles. The van der Waals surface area contributed by atoms with Crippen molar-refractivity contribution in [3.8, 4) is 0 Å². The largest absolute Gasteiger partial charge is 0.330 e. The van der Waals surface area contributed by atoms with E-state index < -0.39 is 0 Å². The number of hydrogen-bond acceptors (Lipinski definition) is 3. The molecule has 0 aromatic heterocycles. The van der Waals surface area contributed by atoms with E-state index in [2.05, 4.69) is 16.3 Å². The summed E-state index contributed by atoms with van der Waals surface area (Å²) >= 11 is 0. The van der Waals surface area contributed by atoms with E-state index in [1.807, 2.05) is 18.2 Å². The van der Waals surface area contributed by atoms with Crippen LogP contribution in [0.3, 0.4) is 0 Å². The second kappa shape index (κ2) is 6.52. The molecular formula is C14H21N3O. The summed E-state index contributed by atoms with van der Waals surface area (Å²) in [5.41, 5.74) is 7.49. The molecule has 0 unspecified atom stereocenters. The molecule has 0 radical (unpaired) electrons. The molecule has 18 heavy (non-hydrogen) atoms. The number of nitrogens with zero attached hydrogens (tertiary/aromatic N) is 1. The van der Waals surface area contributed by atoms with Crippen molar-refractivity contribution in [2.45, 2.75) is 25.8 Å². The van der Waals surface area contributed by atoms with Crippen molar-refractivity contribution in [1.29, 1.82) is 0 Å². The van der Waals surface area contributed by atoms with Crippen molar-refractivity contribution in [3.05, 3.63) is 29.8 Å². The van der Waals surface area contributed by atoms with E-state index in [0.29, 0.717) is 13.0 Å². The average Bonchev–Trinajstić information content (AvgIpc) is 2.85. The zero-order valence-electron chi connectivity index (χ0n) is 10.7. The molecule has 1 aromatic rings. The number of nitrogens with one attached hydrogen (secondary N) is 1. The van der Waals surface area contributed by atoms with Gasteiger partial charge in [0.1, 0.15) is 0 Å². The third kappa shape index (κ3) is 3.55. The van der Waals surface area contributed by atoms with Crippen LogP contribution in [0.1, 0.15) is 24.8 Å². The van der Waals surface area contributed by atoms with Gasteiger partial charge in [0.05, 0.1) is 0 Å². The summed E-state index contributed by atoms with van der Waals surface area (Å²) in [6, 6.07) is 8.01. The highest BCUT2D eigenvalue weighted by Gasteiger charge is 2.14. The lowest BCUT2D eigenvalue weighted by Gasteiger charge is -2.17. The standard InChI is InChI=1S/C14H21N3O/c15-8-7-14(18)16-13-6-2-1-5-12(13)11-17-9-3-4-10-17/h1-2,5-6H,3-4,7-11,15H2,(H,16,18). The molecule has 0 saturated carbocycles. The van der Waals surface area contributed by atoms with Gasteiger partial charge in [0.2, 0.25) is 5.91 Å². The minimum Gasteiger partial charge on any atom is -0.330 e. The maximum absolute atomic E-state index is 11.6. The van der Waals surface area contributed by atoms with Crippen molar-refractivity contribution >= 4 is 11.6 Å². The number of amides is 1. The maximum Gasteiger partial charge on any atom is 0.225 e. The predicted molar refractivity (Wildman–Crippen MR) is 73.3 cm³/mol. The topological polar surface area (TPSA) is 58.4 Å². The van der Waals surface area contributed by atoms with Crippen LogP contribution in [0.5, 0.6) is 0 Å². The molecule has 0 spiro atoms. The summed E-state index contributed by atoms with van der Waals surface area (Å²) in [7, 11) is 0. The zero-order valence-corrected chi connectivity index (χ0v) is 10.7. The molecule has 1 aliphatic rings. The molecule has 1 fully saturated rings. The SMILES string of the molecule is NCCC(=O)Nc1ccccc1CN1CCCC1. The Kier molecular flexibility index (Phi) is 4.73. The number of nitrogens with two attached hydrogens (primary N) is 1. The first-order valence-electron chi connectivity index (χ1n) is 6.60. The fourth-order valence-corrected chi connectivity index (χ4v) is 2.31. The Morgan fingerprint density at radius 2 is 2.00 bits per heavy atom. The Morgan fingerprint density at radius 3 is 2.72 bits per heavy atom. The van der Waals surface area contributed by atoms with Gasteiger partial charge in [-0.3, -0.25) is 9.69 Å². The van der Waals surface area contributed by atoms with E-state index in [9.17, 15) is 4.79 Å². The van der Waals surface area contributed by atoms with Crippen molar-refractivity contribution < 1.29 is 4.79 Å². The molecule has 0 atom stereocenters. The number of carbonyl (C=O) groups excluding carboxylic acids is 1. The van der Waals surface area contributed by atoms with Crippen molar-refractivity contribution in [2.75, 3.05) is 25.0 Å². The first kappa shape index (κ1) is 13.1. The fraction of sp³-hybridized carbons (Fsp3) is 0.500. The maximum atomic E-state index is 11.6. The third-order valence-corrected chi connectivity index (χ3v) is 3.26. The minimum atomic E-state index is -0.00799. The Balaban J connectivity index is 2.02. The van der Waals surface area contributed by atoms with Gasteiger partial charge in [-0.2, -0.15) is 0 Å². The summed E-state index contributed by atoms with van der Waals surface area (Å²) in [6.07, 6.45) is 2.93. The van der Waals surface area contributed by atoms with Gasteiger partial charge in [0.25, 0.3) is 0 Å². The Morgan fingerprint density at radius 1 is 1.28 bits per heavy atom. The molecule has 98 valence electrons. The fourth-order valence-electron chi connectivity index (χ4n) is 2.31. The minimum absolute atomic E-state index is 0.00799. The van der Waals surface area contributed by atoms with Crippen LogP contribution in [-0.2, 0) is 11.3 Å². The first-order valence-corrected chi connectivity index (χ1v) is 6.60. The van der Waals surface area contributed by atoms with E-state index >= 15 is 0 Å². The summed E-state index contributed by atoms with van der Waals surface area (Å²) < 4.78 is 0. The summed E-state index contributed by atoms with van der Waals surface area (Å²) in [6.45, 7) is 3.62. The van der Waals surface area contributed by atoms with E-state index in [0.717, 1.165) is 25.3 Å². The van der Waals surface area contributed by atoms with Crippen LogP contribution in [0.4, 0.5) is 5.69 Å². The summed E-state index contributed by atoms with van der Waals surface area (Å²) in [5.74, 6) is -0.00799. The molecule has 3 N–H and O–H groups in total. The number of benzene rings is 1. The lowest BCUT2D eigenvalue weighted by molar-refractivity contribution is -0.116. The van der Waals surface area contributed by atoms with E-state index in [4.69, 9.17) is 5.73 Å². The number of hydrogen-bond donors (Lipinski definition) is 2. The van der Waals surface area contributed by atoms with Gasteiger partial charge >= 0.3 is 0 Å². The van der Waals surface area contributed by atoms with Crippen molar-refractivity contribution in [3.63, 3.8) is 0 Å². The number of likely N-dealkylation sites (tertiary alicyclic amines) is 1. The van der Waals surface area contributed by atoms with Gasteiger partial charge in [0, 0.05) is 25.2 Å². The highest BCUT2D eigenvalue weighted by molar-refractivity contribution is 5.91. The van der Waals surface area contributed by atoms with Gasteiger partial charge in [0.15, 0.2) is 0 Å².